The molecule has 1 saturated carbocycles. The van der Waals surface area contributed by atoms with Crippen LogP contribution in [0.4, 0.5) is 11.6 Å². The van der Waals surface area contributed by atoms with Gasteiger partial charge in [-0.1, -0.05) is 0 Å². The van der Waals surface area contributed by atoms with E-state index in [4.69, 9.17) is 10.5 Å². The molecule has 0 aliphatic heterocycles. The lowest BCUT2D eigenvalue weighted by Crippen LogP contribution is -2.42. The van der Waals surface area contributed by atoms with Crippen LogP contribution < -0.4 is 22.3 Å². The Kier molecular flexibility index (Phi) is 4.80. The molecule has 0 spiro atoms. The number of rotatable bonds is 6. The number of hydrogen-bond acceptors (Lipinski definition) is 8. The number of Topliss-reactive ketones (excluding diaryl/α,β-unsaturated/α-hetero) is 1. The fourth-order valence-electron chi connectivity index (χ4n) is 2.45. The van der Waals surface area contributed by atoms with Crippen LogP contribution in [0.25, 0.3) is 0 Å². The topological polar surface area (TPSA) is 138 Å². The molecule has 0 amide bonds. The molecule has 0 bridgehead atoms. The molecule has 3 N–H and O–H groups in total. The van der Waals surface area contributed by atoms with Crippen LogP contribution in [-0.2, 0) is 18.8 Å². The van der Waals surface area contributed by atoms with E-state index in [0.717, 1.165) is 22.0 Å². The molecule has 1 fully saturated rings. The summed E-state index contributed by atoms with van der Waals surface area (Å²) in [6.45, 7) is -0.682. The average molecular weight is 373 g/mol. The van der Waals surface area contributed by atoms with Crippen molar-refractivity contribution in [3.8, 4) is 0 Å². The standard InChI is InChI=1S/C17H19N5O5/c1-21-14(18)13(15(24)22(2)17(21)26)11(23)8-27-16(25)9-3-6-12(19-7-9)20-10-4-5-10/h3,6-7,10H,4-5,8,18H2,1-2H3,(H,19,20). The maximum Gasteiger partial charge on any atom is 0.340 e. The predicted molar refractivity (Wildman–Crippen MR) is 96.8 cm³/mol. The summed E-state index contributed by atoms with van der Waals surface area (Å²) in [5.41, 5.74) is 3.99. The van der Waals surface area contributed by atoms with Crippen molar-refractivity contribution >= 4 is 23.4 Å². The molecule has 10 nitrogen and oxygen atoms in total. The SMILES string of the molecule is Cn1c(N)c(C(=O)COC(=O)c2ccc(NC3CC3)nc2)c(=O)n(C)c1=O. The molecule has 0 atom stereocenters. The fourth-order valence-corrected chi connectivity index (χ4v) is 2.45. The molecule has 3 rings (SSSR count). The number of esters is 1. The van der Waals surface area contributed by atoms with Crippen molar-refractivity contribution in [1.29, 1.82) is 0 Å². The zero-order valence-corrected chi connectivity index (χ0v) is 14.9. The lowest BCUT2D eigenvalue weighted by atomic mass is 10.2. The van der Waals surface area contributed by atoms with E-state index in [-0.39, 0.29) is 11.4 Å². The Morgan fingerprint density at radius 2 is 1.96 bits per heavy atom. The summed E-state index contributed by atoms with van der Waals surface area (Å²) in [6.07, 6.45) is 3.54. The van der Waals surface area contributed by atoms with E-state index in [1.165, 1.54) is 26.4 Å². The number of anilines is 2. The van der Waals surface area contributed by atoms with E-state index in [9.17, 15) is 19.2 Å². The zero-order chi connectivity index (χ0) is 19.7. The Labute approximate surface area is 153 Å². The summed E-state index contributed by atoms with van der Waals surface area (Å²) in [5.74, 6) is -1.17. The van der Waals surface area contributed by atoms with Crippen LogP contribution >= 0.6 is 0 Å². The number of nitrogens with one attached hydrogen (secondary N) is 1. The smallest absolute Gasteiger partial charge is 0.340 e. The van der Waals surface area contributed by atoms with Gasteiger partial charge in [-0.15, -0.1) is 0 Å². The third-order valence-electron chi connectivity index (χ3n) is 4.25. The molecule has 2 aromatic heterocycles. The molecule has 2 heterocycles. The van der Waals surface area contributed by atoms with Gasteiger partial charge in [0.05, 0.1) is 5.56 Å². The monoisotopic (exact) mass is 373 g/mol. The number of carbonyl (C=O) groups is 2. The predicted octanol–water partition coefficient (Wildman–Crippen LogP) is -0.325. The number of carbonyl (C=O) groups excluding carboxylic acids is 2. The van der Waals surface area contributed by atoms with Crippen molar-refractivity contribution in [2.75, 3.05) is 17.7 Å². The number of aromatic nitrogens is 3. The van der Waals surface area contributed by atoms with Gasteiger partial charge in [-0.25, -0.2) is 14.6 Å². The maximum atomic E-state index is 12.3. The normalized spacial score (nSPS) is 13.3. The van der Waals surface area contributed by atoms with E-state index in [0.29, 0.717) is 11.9 Å². The molecule has 2 aromatic rings. The van der Waals surface area contributed by atoms with Crippen molar-refractivity contribution < 1.29 is 14.3 Å². The molecule has 0 aromatic carbocycles. The molecule has 1 aliphatic carbocycles. The Bertz CT molecular complexity index is 1020. The van der Waals surface area contributed by atoms with Crippen LogP contribution in [0.2, 0.25) is 0 Å². The molecule has 0 saturated heterocycles. The molecule has 0 radical (unpaired) electrons. The van der Waals surface area contributed by atoms with Crippen LogP contribution in [0.5, 0.6) is 0 Å². The molecule has 27 heavy (non-hydrogen) atoms. The third-order valence-corrected chi connectivity index (χ3v) is 4.25. The molecule has 10 heteroatoms. The van der Waals surface area contributed by atoms with E-state index in [1.54, 1.807) is 6.07 Å². The minimum Gasteiger partial charge on any atom is -0.454 e. The van der Waals surface area contributed by atoms with Gasteiger partial charge in [-0.2, -0.15) is 0 Å². The Morgan fingerprint density at radius 1 is 1.26 bits per heavy atom. The fraction of sp³-hybridized carbons (Fsp3) is 0.353. The summed E-state index contributed by atoms with van der Waals surface area (Å²) < 4.78 is 6.70. The molecule has 1 aliphatic rings. The summed E-state index contributed by atoms with van der Waals surface area (Å²) in [5, 5.41) is 3.19. The van der Waals surface area contributed by atoms with Crippen LogP contribution in [0.15, 0.2) is 27.9 Å². The lowest BCUT2D eigenvalue weighted by Gasteiger charge is -2.11. The Morgan fingerprint density at radius 3 is 2.56 bits per heavy atom. The van der Waals surface area contributed by atoms with Crippen LogP contribution in [-0.4, -0.2) is 38.5 Å². The second-order valence-corrected chi connectivity index (χ2v) is 6.32. The van der Waals surface area contributed by atoms with E-state index < -0.39 is 35.2 Å². The highest BCUT2D eigenvalue weighted by Gasteiger charge is 2.23. The number of nitrogens with zero attached hydrogens (tertiary/aromatic N) is 3. The van der Waals surface area contributed by atoms with E-state index in [2.05, 4.69) is 10.3 Å². The van der Waals surface area contributed by atoms with Crippen molar-refractivity contribution in [3.63, 3.8) is 0 Å². The number of ether oxygens (including phenoxy) is 1. The first-order valence-electron chi connectivity index (χ1n) is 8.28. The van der Waals surface area contributed by atoms with Gasteiger partial charge in [-0.3, -0.25) is 18.7 Å². The highest BCUT2D eigenvalue weighted by molar-refractivity contribution is 6.02. The van der Waals surface area contributed by atoms with Gasteiger partial charge in [0, 0.05) is 26.3 Å². The summed E-state index contributed by atoms with van der Waals surface area (Å²) >= 11 is 0. The summed E-state index contributed by atoms with van der Waals surface area (Å²) in [6, 6.07) is 3.62. The van der Waals surface area contributed by atoms with Crippen molar-refractivity contribution in [3.05, 3.63) is 50.3 Å². The molecule has 0 unspecified atom stereocenters. The highest BCUT2D eigenvalue weighted by atomic mass is 16.5. The molecular weight excluding hydrogens is 354 g/mol. The zero-order valence-electron chi connectivity index (χ0n) is 14.9. The number of pyridine rings is 1. The quantitative estimate of drug-likeness (QED) is 0.519. The minimum atomic E-state index is -0.839. The summed E-state index contributed by atoms with van der Waals surface area (Å²) in [4.78, 5) is 52.4. The third kappa shape index (κ3) is 3.73. The highest BCUT2D eigenvalue weighted by Crippen LogP contribution is 2.23. The van der Waals surface area contributed by atoms with Gasteiger partial charge in [0.1, 0.15) is 17.2 Å². The lowest BCUT2D eigenvalue weighted by molar-refractivity contribution is 0.0474. The van der Waals surface area contributed by atoms with Crippen LogP contribution in [0, 0.1) is 0 Å². The first-order chi connectivity index (χ1) is 12.8. The van der Waals surface area contributed by atoms with Crippen LogP contribution in [0.1, 0.15) is 33.6 Å². The Balaban J connectivity index is 1.69. The second kappa shape index (κ2) is 7.06. The largest absolute Gasteiger partial charge is 0.454 e. The first kappa shape index (κ1) is 18.4. The second-order valence-electron chi connectivity index (χ2n) is 6.32. The molecular formula is C17H19N5O5. The van der Waals surface area contributed by atoms with Gasteiger partial charge in [0.25, 0.3) is 5.56 Å². The van der Waals surface area contributed by atoms with Crippen LogP contribution in [0.3, 0.4) is 0 Å². The minimum absolute atomic E-state index is 0.172. The number of nitrogen functional groups attached to an aromatic ring is 1. The first-order valence-corrected chi connectivity index (χ1v) is 8.28. The number of nitrogens with two attached hydrogens (primary N) is 1. The number of ketones is 1. The van der Waals surface area contributed by atoms with Crippen molar-refractivity contribution in [2.45, 2.75) is 18.9 Å². The average Bonchev–Trinajstić information content (AvgIpc) is 3.47. The maximum absolute atomic E-state index is 12.3. The number of hydrogen-bond donors (Lipinski definition) is 2. The van der Waals surface area contributed by atoms with Gasteiger partial charge < -0.3 is 15.8 Å². The molecule has 142 valence electrons. The Hall–Kier alpha value is -3.43. The van der Waals surface area contributed by atoms with Crippen molar-refractivity contribution in [2.24, 2.45) is 14.1 Å². The van der Waals surface area contributed by atoms with E-state index >= 15 is 0 Å². The van der Waals surface area contributed by atoms with Crippen molar-refractivity contribution in [1.82, 2.24) is 14.1 Å². The van der Waals surface area contributed by atoms with Gasteiger partial charge in [0.2, 0.25) is 5.78 Å². The van der Waals surface area contributed by atoms with Gasteiger partial charge >= 0.3 is 11.7 Å². The van der Waals surface area contributed by atoms with E-state index in [1.807, 2.05) is 0 Å². The summed E-state index contributed by atoms with van der Waals surface area (Å²) in [7, 11) is 2.57. The van der Waals surface area contributed by atoms with Gasteiger partial charge in [0.15, 0.2) is 6.61 Å². The van der Waals surface area contributed by atoms with Gasteiger partial charge in [-0.05, 0) is 25.0 Å².